The molecule has 0 atom stereocenters. The molecule has 2 heterocycles. The second-order valence-electron chi connectivity index (χ2n) is 7.17. The van der Waals surface area contributed by atoms with Gasteiger partial charge in [-0.15, -0.1) is 0 Å². The summed E-state index contributed by atoms with van der Waals surface area (Å²) < 4.78 is 5.46. The molecule has 1 aliphatic heterocycles. The number of hydrogen-bond donors (Lipinski definition) is 0. The first-order chi connectivity index (χ1) is 13.0. The first-order valence-corrected chi connectivity index (χ1v) is 9.14. The van der Waals surface area contributed by atoms with E-state index in [1.54, 1.807) is 17.0 Å². The van der Waals surface area contributed by atoms with Crippen LogP contribution >= 0.6 is 0 Å². The fraction of sp³-hybridized carbons (Fsp3) is 0.273. The molecule has 2 aromatic carbocycles. The Labute approximate surface area is 157 Å². The third-order valence-corrected chi connectivity index (χ3v) is 5.03. The molecule has 0 unspecified atom stereocenters. The molecule has 1 aromatic heterocycles. The van der Waals surface area contributed by atoms with Gasteiger partial charge in [0.15, 0.2) is 0 Å². The average Bonchev–Trinajstić information content (AvgIpc) is 2.67. The Hall–Kier alpha value is -2.92. The van der Waals surface area contributed by atoms with Gasteiger partial charge in [0.1, 0.15) is 11.1 Å². The van der Waals surface area contributed by atoms with Crippen LogP contribution in [0.1, 0.15) is 17.3 Å². The minimum Gasteiger partial charge on any atom is -0.422 e. The summed E-state index contributed by atoms with van der Waals surface area (Å²) in [4.78, 5) is 29.4. The summed E-state index contributed by atoms with van der Waals surface area (Å²) in [7, 11) is 0. The van der Waals surface area contributed by atoms with Gasteiger partial charge >= 0.3 is 5.63 Å². The zero-order chi connectivity index (χ0) is 19.0. The molecule has 1 fully saturated rings. The number of carbonyl (C=O) groups is 1. The van der Waals surface area contributed by atoms with E-state index in [0.717, 1.165) is 41.4 Å². The van der Waals surface area contributed by atoms with Crippen LogP contribution in [-0.2, 0) is 0 Å². The monoisotopic (exact) mass is 362 g/mol. The first kappa shape index (κ1) is 17.5. The zero-order valence-electron chi connectivity index (χ0n) is 15.4. The molecule has 27 heavy (non-hydrogen) atoms. The zero-order valence-corrected chi connectivity index (χ0v) is 15.4. The maximum Gasteiger partial charge on any atom is 0.349 e. The third-order valence-electron chi connectivity index (χ3n) is 5.03. The molecule has 0 bridgehead atoms. The largest absolute Gasteiger partial charge is 0.422 e. The maximum absolute atomic E-state index is 13.0. The molecule has 138 valence electrons. The SMILES string of the molecule is C=C(C)CN1CCN(C(=O)c2cc3c(ccc4ccccc43)oc2=O)CC1. The molecule has 5 nitrogen and oxygen atoms in total. The van der Waals surface area contributed by atoms with Crippen molar-refractivity contribution in [1.29, 1.82) is 0 Å². The number of hydrogen-bond acceptors (Lipinski definition) is 4. The topological polar surface area (TPSA) is 53.8 Å². The van der Waals surface area contributed by atoms with Crippen molar-refractivity contribution in [3.63, 3.8) is 0 Å². The normalized spacial score (nSPS) is 15.4. The van der Waals surface area contributed by atoms with Crippen LogP contribution in [0.2, 0.25) is 0 Å². The molecular weight excluding hydrogens is 340 g/mol. The predicted octanol–water partition coefficient (Wildman–Crippen LogP) is 3.28. The van der Waals surface area contributed by atoms with E-state index in [-0.39, 0.29) is 11.5 Å². The molecule has 1 amide bonds. The Kier molecular flexibility index (Phi) is 4.54. The van der Waals surface area contributed by atoms with Gasteiger partial charge in [0.25, 0.3) is 5.91 Å². The minimum atomic E-state index is -0.577. The molecule has 0 aliphatic carbocycles. The van der Waals surface area contributed by atoms with Gasteiger partial charge in [0.2, 0.25) is 0 Å². The lowest BCUT2D eigenvalue weighted by atomic mass is 10.0. The molecule has 5 heteroatoms. The smallest absolute Gasteiger partial charge is 0.349 e. The van der Waals surface area contributed by atoms with Crippen molar-refractivity contribution < 1.29 is 9.21 Å². The van der Waals surface area contributed by atoms with Crippen LogP contribution in [0.25, 0.3) is 21.7 Å². The number of rotatable bonds is 3. The molecule has 3 aromatic rings. The lowest BCUT2D eigenvalue weighted by Gasteiger charge is -2.34. The predicted molar refractivity (Wildman–Crippen MR) is 107 cm³/mol. The summed E-state index contributed by atoms with van der Waals surface area (Å²) >= 11 is 0. The van der Waals surface area contributed by atoms with Gasteiger partial charge in [-0.1, -0.05) is 42.5 Å². The highest BCUT2D eigenvalue weighted by Crippen LogP contribution is 2.25. The molecule has 0 saturated carbocycles. The summed E-state index contributed by atoms with van der Waals surface area (Å²) in [6, 6.07) is 13.3. The summed E-state index contributed by atoms with van der Waals surface area (Å²) in [5, 5.41) is 2.81. The van der Waals surface area contributed by atoms with Crippen molar-refractivity contribution >= 4 is 27.6 Å². The molecular formula is C22H22N2O3. The fourth-order valence-electron chi connectivity index (χ4n) is 3.68. The Morgan fingerprint density at radius 3 is 2.56 bits per heavy atom. The highest BCUT2D eigenvalue weighted by molar-refractivity contribution is 6.07. The van der Waals surface area contributed by atoms with Crippen LogP contribution in [0, 0.1) is 0 Å². The van der Waals surface area contributed by atoms with E-state index in [2.05, 4.69) is 11.5 Å². The lowest BCUT2D eigenvalue weighted by molar-refractivity contribution is 0.0644. The van der Waals surface area contributed by atoms with Crippen LogP contribution in [0.5, 0.6) is 0 Å². The lowest BCUT2D eigenvalue weighted by Crippen LogP contribution is -2.49. The van der Waals surface area contributed by atoms with E-state index >= 15 is 0 Å². The summed E-state index contributed by atoms with van der Waals surface area (Å²) in [6.45, 7) is 9.53. The molecule has 1 saturated heterocycles. The summed E-state index contributed by atoms with van der Waals surface area (Å²) in [6.07, 6.45) is 0. The van der Waals surface area contributed by atoms with E-state index in [9.17, 15) is 9.59 Å². The fourth-order valence-corrected chi connectivity index (χ4v) is 3.68. The molecule has 0 N–H and O–H groups in total. The van der Waals surface area contributed by atoms with E-state index in [4.69, 9.17) is 4.42 Å². The van der Waals surface area contributed by atoms with Crippen molar-refractivity contribution in [2.24, 2.45) is 0 Å². The van der Waals surface area contributed by atoms with Gasteiger partial charge < -0.3 is 9.32 Å². The van der Waals surface area contributed by atoms with E-state index < -0.39 is 5.63 Å². The van der Waals surface area contributed by atoms with Crippen molar-refractivity contribution in [3.8, 4) is 0 Å². The van der Waals surface area contributed by atoms with Crippen molar-refractivity contribution in [2.75, 3.05) is 32.7 Å². The summed E-state index contributed by atoms with van der Waals surface area (Å²) in [5.74, 6) is -0.256. The van der Waals surface area contributed by atoms with E-state index in [0.29, 0.717) is 18.7 Å². The molecule has 4 rings (SSSR count). The van der Waals surface area contributed by atoms with Crippen LogP contribution < -0.4 is 5.63 Å². The number of carbonyl (C=O) groups excluding carboxylic acids is 1. The van der Waals surface area contributed by atoms with Gasteiger partial charge in [-0.25, -0.2) is 4.79 Å². The van der Waals surface area contributed by atoms with Gasteiger partial charge in [0, 0.05) is 38.1 Å². The second-order valence-corrected chi connectivity index (χ2v) is 7.17. The summed E-state index contributed by atoms with van der Waals surface area (Å²) in [5.41, 5.74) is 1.14. The number of benzene rings is 2. The van der Waals surface area contributed by atoms with Crippen LogP contribution in [0.4, 0.5) is 0 Å². The average molecular weight is 362 g/mol. The quantitative estimate of drug-likeness (QED) is 0.408. The molecule has 1 aliphatic rings. The van der Waals surface area contributed by atoms with Crippen LogP contribution in [-0.4, -0.2) is 48.4 Å². The molecule has 0 radical (unpaired) electrons. The Morgan fingerprint density at radius 1 is 1.07 bits per heavy atom. The standard InChI is InChI=1S/C22H22N2O3/c1-15(2)14-23-9-11-24(12-10-23)21(25)19-13-18-17-6-4-3-5-16(17)7-8-20(18)27-22(19)26/h3-8,13H,1,9-12,14H2,2H3. The minimum absolute atomic E-state index is 0.104. The number of fused-ring (bicyclic) bond motifs is 3. The van der Waals surface area contributed by atoms with Crippen molar-refractivity contribution in [2.45, 2.75) is 6.92 Å². The van der Waals surface area contributed by atoms with Gasteiger partial charge in [0.05, 0.1) is 0 Å². The van der Waals surface area contributed by atoms with Gasteiger partial charge in [-0.2, -0.15) is 0 Å². The van der Waals surface area contributed by atoms with E-state index in [1.165, 1.54) is 0 Å². The van der Waals surface area contributed by atoms with Crippen LogP contribution in [0.3, 0.4) is 0 Å². The van der Waals surface area contributed by atoms with Crippen molar-refractivity contribution in [1.82, 2.24) is 9.80 Å². The Morgan fingerprint density at radius 2 is 1.81 bits per heavy atom. The molecule has 0 spiro atoms. The highest BCUT2D eigenvalue weighted by Gasteiger charge is 2.25. The van der Waals surface area contributed by atoms with Gasteiger partial charge in [-0.3, -0.25) is 9.69 Å². The van der Waals surface area contributed by atoms with Crippen molar-refractivity contribution in [3.05, 3.63) is 70.6 Å². The Bertz CT molecular complexity index is 1090. The van der Waals surface area contributed by atoms with E-state index in [1.807, 2.05) is 37.3 Å². The maximum atomic E-state index is 13.0. The second kappa shape index (κ2) is 7.00. The first-order valence-electron chi connectivity index (χ1n) is 9.14. The number of amides is 1. The Balaban J connectivity index is 1.66. The number of piperazine rings is 1. The highest BCUT2D eigenvalue weighted by atomic mass is 16.4. The number of nitrogens with zero attached hydrogens (tertiary/aromatic N) is 2. The van der Waals surface area contributed by atoms with Crippen LogP contribution in [0.15, 0.2) is 63.8 Å². The third kappa shape index (κ3) is 3.38. The van der Waals surface area contributed by atoms with Gasteiger partial charge in [-0.05, 0) is 29.8 Å².